The third-order valence-electron chi connectivity index (χ3n) is 14.0. The summed E-state index contributed by atoms with van der Waals surface area (Å²) in [6.07, 6.45) is 12.8. The maximum atomic E-state index is 2.47. The first-order valence-electron chi connectivity index (χ1n) is 14.5. The minimum atomic E-state index is 0. The normalized spacial score (nSPS) is 47.1. The smallest absolute Gasteiger partial charge is 0.307 e. The Labute approximate surface area is 225 Å². The van der Waals surface area contributed by atoms with E-state index in [1.54, 1.807) is 0 Å². The van der Waals surface area contributed by atoms with Crippen molar-refractivity contribution in [3.8, 4) is 0 Å². The molecule has 195 valence electrons. The maximum Gasteiger partial charge on any atom is 3.00 e. The first kappa shape index (κ1) is 29.1. The number of hydrogen-bond acceptors (Lipinski definition) is 0. The van der Waals surface area contributed by atoms with E-state index < -0.39 is 0 Å². The average molecular weight is 506 g/mol. The molecule has 0 aromatic carbocycles. The molecule has 0 amide bonds. The molecule has 0 aromatic heterocycles. The van der Waals surface area contributed by atoms with E-state index in [1.807, 2.05) is 17.8 Å². The number of hydrogen-bond donors (Lipinski definition) is 0. The van der Waals surface area contributed by atoms with Gasteiger partial charge in [0.25, 0.3) is 0 Å². The summed E-state index contributed by atoms with van der Waals surface area (Å²) in [5, 5.41) is 0. The molecule has 0 spiro atoms. The Balaban J connectivity index is 0.000000141. The Kier molecular flexibility index (Phi) is 7.52. The molecule has 6 fully saturated rings. The molecule has 34 heavy (non-hydrogen) atoms. The molecule has 1 radical (unpaired) electrons. The fourth-order valence-corrected chi connectivity index (χ4v) is 9.59. The summed E-state index contributed by atoms with van der Waals surface area (Å²) in [5.74, 6) is 8.23. The van der Waals surface area contributed by atoms with E-state index in [-0.39, 0.29) is 17.4 Å². The number of rotatable bonds is 0. The summed E-state index contributed by atoms with van der Waals surface area (Å²) >= 11 is 0. The molecular formula is C33H57Cr. The van der Waals surface area contributed by atoms with E-state index in [0.29, 0.717) is 32.5 Å². The quantitative estimate of drug-likeness (QED) is 0.287. The summed E-state index contributed by atoms with van der Waals surface area (Å²) < 4.78 is 0. The van der Waals surface area contributed by atoms with Gasteiger partial charge >= 0.3 is 17.4 Å². The number of fused-ring (bicyclic) bond motifs is 6. The van der Waals surface area contributed by atoms with Crippen LogP contribution in [-0.4, -0.2) is 0 Å². The van der Waals surface area contributed by atoms with Crippen molar-refractivity contribution in [2.75, 3.05) is 0 Å². The van der Waals surface area contributed by atoms with E-state index >= 15 is 0 Å². The van der Waals surface area contributed by atoms with Crippen LogP contribution in [-0.2, 0) is 17.4 Å². The van der Waals surface area contributed by atoms with E-state index in [1.165, 1.54) is 57.8 Å². The molecule has 0 aliphatic heterocycles. The van der Waals surface area contributed by atoms with Gasteiger partial charge in [-0.05, 0) is 0 Å². The van der Waals surface area contributed by atoms with Gasteiger partial charge in [0.2, 0.25) is 0 Å². The Hall–Kier alpha value is 0.532. The second-order valence-corrected chi connectivity index (χ2v) is 16.1. The first-order valence-corrected chi connectivity index (χ1v) is 14.5. The summed E-state index contributed by atoms with van der Waals surface area (Å²) in [6, 6.07) is 0. The Bertz CT molecular complexity index is 634. The molecule has 0 aromatic rings. The molecule has 6 rings (SSSR count). The van der Waals surface area contributed by atoms with Gasteiger partial charge in [0, 0.05) is 0 Å². The van der Waals surface area contributed by atoms with Crippen LogP contribution < -0.4 is 0 Å². The van der Waals surface area contributed by atoms with Gasteiger partial charge in [0.05, 0.1) is 0 Å². The zero-order chi connectivity index (χ0) is 24.8. The average Bonchev–Trinajstić information content (AvgIpc) is 3.51. The second-order valence-electron chi connectivity index (χ2n) is 16.1. The third kappa shape index (κ3) is 4.22. The van der Waals surface area contributed by atoms with Crippen LogP contribution in [0.25, 0.3) is 0 Å². The molecule has 0 saturated heterocycles. The van der Waals surface area contributed by atoms with Crippen molar-refractivity contribution in [2.24, 2.45) is 50.2 Å². The van der Waals surface area contributed by atoms with Crippen molar-refractivity contribution < 1.29 is 17.4 Å². The molecule has 6 saturated carbocycles. The van der Waals surface area contributed by atoms with Crippen molar-refractivity contribution >= 4 is 0 Å². The molecule has 0 N–H and O–H groups in total. The van der Waals surface area contributed by atoms with Gasteiger partial charge in [-0.3, -0.25) is 0 Å². The molecule has 1 heteroatoms. The molecule has 6 aliphatic carbocycles. The third-order valence-corrected chi connectivity index (χ3v) is 14.0. The SMILES string of the molecule is CC1C2(C)CC[C-](C2)C1(C)C.CC1C2(C)CC[C-](C2)C1(C)C.CC1C2(C)CC[C-](C2)C1(C)C.[Cr+3]. The van der Waals surface area contributed by atoms with Crippen molar-refractivity contribution in [1.82, 2.24) is 0 Å². The summed E-state index contributed by atoms with van der Waals surface area (Å²) in [6.45, 7) is 29.3. The van der Waals surface area contributed by atoms with Crippen LogP contribution >= 0.6 is 0 Å². The Morgan fingerprint density at radius 2 is 0.647 bits per heavy atom. The van der Waals surface area contributed by atoms with E-state index in [4.69, 9.17) is 0 Å². The molecule has 6 bridgehead atoms. The van der Waals surface area contributed by atoms with Crippen molar-refractivity contribution in [3.63, 3.8) is 0 Å². The summed E-state index contributed by atoms with van der Waals surface area (Å²) in [5.41, 5.74) is 3.64. The first-order chi connectivity index (χ1) is 14.9. The van der Waals surface area contributed by atoms with Gasteiger partial charge in [-0.2, -0.15) is 54.8 Å². The molecular weight excluding hydrogens is 448 g/mol. The predicted octanol–water partition coefficient (Wildman–Crippen LogP) is 10.3. The van der Waals surface area contributed by atoms with Crippen LogP contribution in [0.5, 0.6) is 0 Å². The van der Waals surface area contributed by atoms with Crippen LogP contribution in [0.2, 0.25) is 0 Å². The molecule has 0 nitrogen and oxygen atoms in total. The van der Waals surface area contributed by atoms with E-state index in [9.17, 15) is 0 Å². The zero-order valence-corrected chi connectivity index (χ0v) is 26.3. The maximum absolute atomic E-state index is 2.47. The fourth-order valence-electron chi connectivity index (χ4n) is 9.59. The molecule has 6 atom stereocenters. The Morgan fingerprint density at radius 3 is 0.735 bits per heavy atom. The monoisotopic (exact) mass is 505 g/mol. The van der Waals surface area contributed by atoms with Crippen LogP contribution in [0.3, 0.4) is 0 Å². The zero-order valence-electron chi connectivity index (χ0n) is 25.0. The minimum absolute atomic E-state index is 0. The van der Waals surface area contributed by atoms with E-state index in [0.717, 1.165) is 17.8 Å². The van der Waals surface area contributed by atoms with Crippen LogP contribution in [0.4, 0.5) is 0 Å². The van der Waals surface area contributed by atoms with Gasteiger partial charge in [-0.15, -0.1) is 0 Å². The van der Waals surface area contributed by atoms with Gasteiger partial charge in [0.15, 0.2) is 0 Å². The standard InChI is InChI=1S/3C11H19.Cr/c3*1-8-10(2,3)9-5-6-11(8,4)7-9;/h3*8H,5-7H2,1-4H3;/q3*-1;+3. The molecule has 6 unspecified atom stereocenters. The fraction of sp³-hybridized carbons (Fsp3) is 0.909. The predicted molar refractivity (Wildman–Crippen MR) is 144 cm³/mol. The minimum Gasteiger partial charge on any atom is -0.307 e. The summed E-state index contributed by atoms with van der Waals surface area (Å²) in [7, 11) is 0. The van der Waals surface area contributed by atoms with Crippen molar-refractivity contribution in [1.29, 1.82) is 0 Å². The topological polar surface area (TPSA) is 0 Å². The molecule has 6 aliphatic rings. The van der Waals surface area contributed by atoms with Crippen LogP contribution in [0.1, 0.15) is 141 Å². The largest absolute Gasteiger partial charge is 3.00 e. The van der Waals surface area contributed by atoms with Crippen LogP contribution in [0, 0.1) is 68.0 Å². The van der Waals surface area contributed by atoms with Crippen molar-refractivity contribution in [2.45, 2.75) is 141 Å². The van der Waals surface area contributed by atoms with E-state index in [2.05, 4.69) is 83.1 Å². The van der Waals surface area contributed by atoms with Gasteiger partial charge in [-0.25, -0.2) is 0 Å². The van der Waals surface area contributed by atoms with Gasteiger partial charge < -0.3 is 17.8 Å². The van der Waals surface area contributed by atoms with Gasteiger partial charge in [-0.1, -0.05) is 136 Å². The summed E-state index contributed by atoms with van der Waals surface area (Å²) in [4.78, 5) is 0. The second kappa shape index (κ2) is 8.79. The molecule has 0 heterocycles. The Morgan fingerprint density at radius 1 is 0.441 bits per heavy atom. The van der Waals surface area contributed by atoms with Crippen LogP contribution in [0.15, 0.2) is 0 Å². The van der Waals surface area contributed by atoms with Crippen molar-refractivity contribution in [3.05, 3.63) is 17.8 Å². The van der Waals surface area contributed by atoms with Gasteiger partial charge in [0.1, 0.15) is 0 Å².